The SMILES string of the molecule is O=C(Cc1cccc(Cl)c1)c1cc(I)ccc1Br. The van der Waals surface area contributed by atoms with Crippen LogP contribution in [-0.4, -0.2) is 5.78 Å². The Morgan fingerprint density at radius 3 is 2.72 bits per heavy atom. The third-order valence-electron chi connectivity index (χ3n) is 2.48. The third kappa shape index (κ3) is 3.56. The maximum atomic E-state index is 12.2. The second-order valence-electron chi connectivity index (χ2n) is 3.85. The predicted octanol–water partition coefficient (Wildman–Crippen LogP) is 5.13. The van der Waals surface area contributed by atoms with Crippen LogP contribution in [0.15, 0.2) is 46.9 Å². The summed E-state index contributed by atoms with van der Waals surface area (Å²) in [4.78, 5) is 12.2. The first-order valence-corrected chi connectivity index (χ1v) is 7.54. The van der Waals surface area contributed by atoms with Crippen LogP contribution in [0.3, 0.4) is 0 Å². The first-order chi connectivity index (χ1) is 8.56. The second-order valence-corrected chi connectivity index (χ2v) is 6.39. The van der Waals surface area contributed by atoms with Crippen molar-refractivity contribution in [2.45, 2.75) is 6.42 Å². The minimum atomic E-state index is 0.0858. The van der Waals surface area contributed by atoms with Gasteiger partial charge in [0, 0.05) is 25.0 Å². The molecular formula is C14H9BrClIO. The maximum absolute atomic E-state index is 12.2. The Bertz CT molecular complexity index is 598. The molecule has 4 heteroatoms. The van der Waals surface area contributed by atoms with Gasteiger partial charge in [0.15, 0.2) is 5.78 Å². The molecule has 92 valence electrons. The molecule has 0 unspecified atom stereocenters. The average molecular weight is 435 g/mol. The van der Waals surface area contributed by atoms with E-state index in [4.69, 9.17) is 11.6 Å². The highest BCUT2D eigenvalue weighted by Crippen LogP contribution is 2.22. The van der Waals surface area contributed by atoms with Crippen molar-refractivity contribution in [1.29, 1.82) is 0 Å². The molecule has 2 aromatic rings. The van der Waals surface area contributed by atoms with E-state index in [1.807, 2.05) is 36.4 Å². The van der Waals surface area contributed by atoms with E-state index in [0.29, 0.717) is 17.0 Å². The molecule has 0 bridgehead atoms. The number of ketones is 1. The van der Waals surface area contributed by atoms with Crippen molar-refractivity contribution in [3.8, 4) is 0 Å². The molecule has 0 aliphatic rings. The zero-order chi connectivity index (χ0) is 13.1. The van der Waals surface area contributed by atoms with Crippen molar-refractivity contribution in [1.82, 2.24) is 0 Å². The highest BCUT2D eigenvalue weighted by Gasteiger charge is 2.11. The monoisotopic (exact) mass is 434 g/mol. The fourth-order valence-electron chi connectivity index (χ4n) is 1.64. The molecule has 0 amide bonds. The van der Waals surface area contributed by atoms with Gasteiger partial charge in [-0.05, 0) is 58.5 Å². The van der Waals surface area contributed by atoms with Crippen LogP contribution in [0.2, 0.25) is 5.02 Å². The van der Waals surface area contributed by atoms with Crippen LogP contribution < -0.4 is 0 Å². The summed E-state index contributed by atoms with van der Waals surface area (Å²) in [6, 6.07) is 13.1. The minimum Gasteiger partial charge on any atom is -0.294 e. The van der Waals surface area contributed by atoms with Gasteiger partial charge in [0.1, 0.15) is 0 Å². The summed E-state index contributed by atoms with van der Waals surface area (Å²) < 4.78 is 1.88. The normalized spacial score (nSPS) is 10.4. The van der Waals surface area contributed by atoms with E-state index in [1.165, 1.54) is 0 Å². The van der Waals surface area contributed by atoms with Crippen molar-refractivity contribution in [2.75, 3.05) is 0 Å². The number of benzene rings is 2. The highest BCUT2D eigenvalue weighted by atomic mass is 127. The first-order valence-electron chi connectivity index (χ1n) is 5.29. The molecule has 0 atom stereocenters. The molecule has 0 saturated heterocycles. The number of halogens is 3. The molecule has 0 radical (unpaired) electrons. The molecule has 0 aliphatic carbocycles. The summed E-state index contributed by atoms with van der Waals surface area (Å²) in [6.07, 6.45) is 0.360. The summed E-state index contributed by atoms with van der Waals surface area (Å²) in [5.41, 5.74) is 1.64. The molecular weight excluding hydrogens is 426 g/mol. The summed E-state index contributed by atoms with van der Waals surface area (Å²) in [6.45, 7) is 0. The highest BCUT2D eigenvalue weighted by molar-refractivity contribution is 14.1. The standard InChI is InChI=1S/C14H9BrClIO/c15-13-5-4-11(17)8-12(13)14(18)7-9-2-1-3-10(16)6-9/h1-6,8H,7H2. The summed E-state index contributed by atoms with van der Waals surface area (Å²) >= 11 is 11.5. The van der Waals surface area contributed by atoms with Gasteiger partial charge in [0.25, 0.3) is 0 Å². The van der Waals surface area contributed by atoms with E-state index in [2.05, 4.69) is 38.5 Å². The van der Waals surface area contributed by atoms with Gasteiger partial charge in [-0.25, -0.2) is 0 Å². The Balaban J connectivity index is 2.24. The first kappa shape index (κ1) is 14.0. The van der Waals surface area contributed by atoms with E-state index in [1.54, 1.807) is 6.07 Å². The van der Waals surface area contributed by atoms with Crippen LogP contribution in [0.4, 0.5) is 0 Å². The molecule has 1 nitrogen and oxygen atoms in total. The van der Waals surface area contributed by atoms with Crippen LogP contribution in [0.5, 0.6) is 0 Å². The lowest BCUT2D eigenvalue weighted by Gasteiger charge is -2.05. The molecule has 2 rings (SSSR count). The van der Waals surface area contributed by atoms with E-state index < -0.39 is 0 Å². The molecule has 2 aromatic carbocycles. The zero-order valence-electron chi connectivity index (χ0n) is 9.29. The van der Waals surface area contributed by atoms with Gasteiger partial charge in [0.2, 0.25) is 0 Å². The topological polar surface area (TPSA) is 17.1 Å². The quantitative estimate of drug-likeness (QED) is 0.482. The van der Waals surface area contributed by atoms with Gasteiger partial charge in [-0.15, -0.1) is 0 Å². The van der Waals surface area contributed by atoms with Gasteiger partial charge >= 0.3 is 0 Å². The zero-order valence-corrected chi connectivity index (χ0v) is 13.8. The lowest BCUT2D eigenvalue weighted by Crippen LogP contribution is -2.04. The summed E-state index contributed by atoms with van der Waals surface area (Å²) in [5.74, 6) is 0.0858. The molecule has 0 aliphatic heterocycles. The number of hydrogen-bond donors (Lipinski definition) is 0. The molecule has 0 spiro atoms. The Labute approximate surface area is 133 Å². The molecule has 0 fully saturated rings. The Hall–Kier alpha value is -0.390. The van der Waals surface area contributed by atoms with E-state index in [0.717, 1.165) is 13.6 Å². The summed E-state index contributed by atoms with van der Waals surface area (Å²) in [5, 5.41) is 0.655. The number of rotatable bonds is 3. The van der Waals surface area contributed by atoms with E-state index >= 15 is 0 Å². The van der Waals surface area contributed by atoms with Crippen LogP contribution in [0, 0.1) is 3.57 Å². The van der Waals surface area contributed by atoms with Crippen molar-refractivity contribution in [3.05, 3.63) is 66.7 Å². The lowest BCUT2D eigenvalue weighted by atomic mass is 10.0. The molecule has 0 heterocycles. The van der Waals surface area contributed by atoms with E-state index in [-0.39, 0.29) is 5.78 Å². The fraction of sp³-hybridized carbons (Fsp3) is 0.0714. The largest absolute Gasteiger partial charge is 0.294 e. The van der Waals surface area contributed by atoms with Crippen molar-refractivity contribution in [3.63, 3.8) is 0 Å². The number of carbonyl (C=O) groups is 1. The van der Waals surface area contributed by atoms with Crippen LogP contribution >= 0.6 is 50.1 Å². The predicted molar refractivity (Wildman–Crippen MR) is 86.3 cm³/mol. The van der Waals surface area contributed by atoms with Gasteiger partial charge in [0.05, 0.1) is 0 Å². The third-order valence-corrected chi connectivity index (χ3v) is 4.08. The molecule has 0 aromatic heterocycles. The Kier molecular flexibility index (Phi) is 4.81. The van der Waals surface area contributed by atoms with Gasteiger partial charge in [-0.2, -0.15) is 0 Å². The smallest absolute Gasteiger partial charge is 0.168 e. The maximum Gasteiger partial charge on any atom is 0.168 e. The van der Waals surface area contributed by atoms with Crippen molar-refractivity contribution >= 4 is 55.9 Å². The Morgan fingerprint density at radius 2 is 2.00 bits per heavy atom. The van der Waals surface area contributed by atoms with Crippen LogP contribution in [0.25, 0.3) is 0 Å². The lowest BCUT2D eigenvalue weighted by molar-refractivity contribution is 0.0992. The fourth-order valence-corrected chi connectivity index (χ4v) is 2.81. The number of hydrogen-bond acceptors (Lipinski definition) is 1. The van der Waals surface area contributed by atoms with Crippen molar-refractivity contribution in [2.24, 2.45) is 0 Å². The average Bonchev–Trinajstić information content (AvgIpc) is 2.32. The van der Waals surface area contributed by atoms with E-state index in [9.17, 15) is 4.79 Å². The van der Waals surface area contributed by atoms with Crippen LogP contribution in [0.1, 0.15) is 15.9 Å². The molecule has 0 N–H and O–H groups in total. The van der Waals surface area contributed by atoms with Crippen LogP contribution in [-0.2, 0) is 6.42 Å². The minimum absolute atomic E-state index is 0.0858. The summed E-state index contributed by atoms with van der Waals surface area (Å²) in [7, 11) is 0. The Morgan fingerprint density at radius 1 is 1.22 bits per heavy atom. The number of Topliss-reactive ketones (excluding diaryl/α,β-unsaturated/α-hetero) is 1. The number of carbonyl (C=O) groups excluding carboxylic acids is 1. The van der Waals surface area contributed by atoms with Gasteiger partial charge in [-0.1, -0.05) is 39.7 Å². The molecule has 0 saturated carbocycles. The van der Waals surface area contributed by atoms with Gasteiger partial charge < -0.3 is 0 Å². The van der Waals surface area contributed by atoms with Crippen molar-refractivity contribution < 1.29 is 4.79 Å². The van der Waals surface area contributed by atoms with Gasteiger partial charge in [-0.3, -0.25) is 4.79 Å². The molecule has 18 heavy (non-hydrogen) atoms. The second kappa shape index (κ2) is 6.17.